The second-order valence-corrected chi connectivity index (χ2v) is 8.54. The Morgan fingerprint density at radius 3 is 2.27 bits per heavy atom. The number of esters is 1. The molecule has 1 saturated heterocycles. The summed E-state index contributed by atoms with van der Waals surface area (Å²) < 4.78 is 19.0. The van der Waals surface area contributed by atoms with E-state index in [0.29, 0.717) is 5.56 Å². The summed E-state index contributed by atoms with van der Waals surface area (Å²) in [5.74, 6) is -0.326. The Bertz CT molecular complexity index is 1020. The molecule has 0 spiro atoms. The zero-order valence-corrected chi connectivity index (χ0v) is 17.8. The molecule has 2 fully saturated rings. The highest BCUT2D eigenvalue weighted by Crippen LogP contribution is 2.41. The van der Waals surface area contributed by atoms with Gasteiger partial charge in [-0.15, -0.1) is 0 Å². The van der Waals surface area contributed by atoms with Gasteiger partial charge in [-0.05, 0) is 48.2 Å². The first kappa shape index (κ1) is 19.5. The van der Waals surface area contributed by atoms with Gasteiger partial charge in [-0.3, -0.25) is 0 Å². The van der Waals surface area contributed by atoms with Crippen LogP contribution in [-0.4, -0.2) is 24.3 Å². The molecule has 4 unspecified atom stereocenters. The number of halogens is 1. The van der Waals surface area contributed by atoms with Gasteiger partial charge in [-0.1, -0.05) is 70.5 Å². The van der Waals surface area contributed by atoms with Crippen LogP contribution in [0, 0.1) is 0 Å². The van der Waals surface area contributed by atoms with Crippen LogP contribution in [0.5, 0.6) is 0 Å². The maximum Gasteiger partial charge on any atom is 0.338 e. The highest BCUT2D eigenvalue weighted by atomic mass is 79.9. The zero-order valence-electron chi connectivity index (χ0n) is 16.2. The number of rotatable bonds is 4. The summed E-state index contributed by atoms with van der Waals surface area (Å²) in [6, 6.07) is 25.7. The van der Waals surface area contributed by atoms with Crippen molar-refractivity contribution in [3.05, 3.63) is 94.5 Å². The molecule has 1 saturated carbocycles. The van der Waals surface area contributed by atoms with Gasteiger partial charge >= 0.3 is 5.97 Å². The lowest BCUT2D eigenvalue weighted by atomic mass is 10.0. The van der Waals surface area contributed by atoms with Gasteiger partial charge < -0.3 is 14.2 Å². The standard InChI is InChI=1S/C25H21BrO4/c26-20-12-10-18(11-13-20)24(27)28-21-14-15-22-23(21)30-25(29-22)19-8-6-17(7-9-19)16-4-2-1-3-5-16/h1-13,21-23,25H,14-15H2. The Balaban J connectivity index is 1.25. The second-order valence-electron chi connectivity index (χ2n) is 7.62. The lowest BCUT2D eigenvalue weighted by molar-refractivity contribution is -0.0955. The van der Waals surface area contributed by atoms with Crippen molar-refractivity contribution in [2.75, 3.05) is 0 Å². The summed E-state index contributed by atoms with van der Waals surface area (Å²) in [5, 5.41) is 0. The molecule has 30 heavy (non-hydrogen) atoms. The average Bonchev–Trinajstić information content (AvgIpc) is 3.37. The molecule has 1 heterocycles. The average molecular weight is 465 g/mol. The molecular weight excluding hydrogens is 444 g/mol. The van der Waals surface area contributed by atoms with Crippen LogP contribution in [0.4, 0.5) is 0 Å². The first-order valence-corrected chi connectivity index (χ1v) is 10.9. The molecule has 5 heteroatoms. The minimum atomic E-state index is -0.431. The van der Waals surface area contributed by atoms with Gasteiger partial charge in [0.2, 0.25) is 0 Å². The second kappa shape index (κ2) is 8.34. The number of carbonyl (C=O) groups is 1. The number of hydrogen-bond donors (Lipinski definition) is 0. The van der Waals surface area contributed by atoms with Crippen LogP contribution in [0.15, 0.2) is 83.3 Å². The van der Waals surface area contributed by atoms with E-state index in [9.17, 15) is 4.79 Å². The van der Waals surface area contributed by atoms with Crippen molar-refractivity contribution in [3.63, 3.8) is 0 Å². The smallest absolute Gasteiger partial charge is 0.338 e. The Labute approximate surface area is 183 Å². The van der Waals surface area contributed by atoms with E-state index in [-0.39, 0.29) is 24.3 Å². The van der Waals surface area contributed by atoms with E-state index in [2.05, 4.69) is 40.2 Å². The maximum atomic E-state index is 12.5. The van der Waals surface area contributed by atoms with Crippen LogP contribution < -0.4 is 0 Å². The lowest BCUT2D eigenvalue weighted by Crippen LogP contribution is -2.31. The number of benzene rings is 3. The Kier molecular flexibility index (Phi) is 5.42. The van der Waals surface area contributed by atoms with E-state index < -0.39 is 6.29 Å². The third-order valence-electron chi connectivity index (χ3n) is 5.68. The minimum absolute atomic E-state index is 0.0495. The van der Waals surface area contributed by atoms with Crippen LogP contribution in [0.3, 0.4) is 0 Å². The van der Waals surface area contributed by atoms with Gasteiger partial charge in [0, 0.05) is 10.0 Å². The molecule has 0 radical (unpaired) electrons. The Morgan fingerprint density at radius 2 is 1.53 bits per heavy atom. The van der Waals surface area contributed by atoms with Crippen LogP contribution in [0.1, 0.15) is 35.1 Å². The Hall–Kier alpha value is -2.47. The van der Waals surface area contributed by atoms with E-state index in [4.69, 9.17) is 14.2 Å². The highest BCUT2D eigenvalue weighted by Gasteiger charge is 2.48. The summed E-state index contributed by atoms with van der Waals surface area (Å²) in [7, 11) is 0. The van der Waals surface area contributed by atoms with Crippen molar-refractivity contribution in [1.82, 2.24) is 0 Å². The van der Waals surface area contributed by atoms with Crippen molar-refractivity contribution >= 4 is 21.9 Å². The van der Waals surface area contributed by atoms with Crippen molar-refractivity contribution in [1.29, 1.82) is 0 Å². The monoisotopic (exact) mass is 464 g/mol. The molecule has 3 aromatic carbocycles. The van der Waals surface area contributed by atoms with E-state index in [1.807, 2.05) is 42.5 Å². The SMILES string of the molecule is O=C(OC1CCC2OC(c3ccc(-c4ccccc4)cc3)OC12)c1ccc(Br)cc1. The van der Waals surface area contributed by atoms with Crippen molar-refractivity contribution in [3.8, 4) is 11.1 Å². The highest BCUT2D eigenvalue weighted by molar-refractivity contribution is 9.10. The third-order valence-corrected chi connectivity index (χ3v) is 6.20. The van der Waals surface area contributed by atoms with Gasteiger partial charge in [-0.2, -0.15) is 0 Å². The molecule has 0 bridgehead atoms. The van der Waals surface area contributed by atoms with Crippen molar-refractivity contribution in [2.24, 2.45) is 0 Å². The molecule has 3 aromatic rings. The normalized spacial score (nSPS) is 25.1. The maximum absolute atomic E-state index is 12.5. The van der Waals surface area contributed by atoms with Gasteiger partial charge in [-0.25, -0.2) is 4.79 Å². The zero-order chi connectivity index (χ0) is 20.5. The fraction of sp³-hybridized carbons (Fsp3) is 0.240. The van der Waals surface area contributed by atoms with Crippen LogP contribution >= 0.6 is 15.9 Å². The number of ether oxygens (including phenoxy) is 3. The van der Waals surface area contributed by atoms with Crippen molar-refractivity contribution < 1.29 is 19.0 Å². The summed E-state index contributed by atoms with van der Waals surface area (Å²) in [6.45, 7) is 0. The molecular formula is C25H21BrO4. The summed E-state index contributed by atoms with van der Waals surface area (Å²) in [5.41, 5.74) is 3.84. The molecule has 5 rings (SSSR count). The van der Waals surface area contributed by atoms with Gasteiger partial charge in [0.15, 0.2) is 6.29 Å². The van der Waals surface area contributed by atoms with Crippen LogP contribution in [0.25, 0.3) is 11.1 Å². The lowest BCUT2D eigenvalue weighted by Gasteiger charge is -2.19. The van der Waals surface area contributed by atoms with Crippen LogP contribution in [-0.2, 0) is 14.2 Å². The molecule has 2 aliphatic rings. The van der Waals surface area contributed by atoms with Gasteiger partial charge in [0.25, 0.3) is 0 Å². The largest absolute Gasteiger partial charge is 0.456 e. The topological polar surface area (TPSA) is 44.8 Å². The molecule has 0 N–H and O–H groups in total. The Morgan fingerprint density at radius 1 is 0.833 bits per heavy atom. The van der Waals surface area contributed by atoms with E-state index in [1.165, 1.54) is 5.56 Å². The van der Waals surface area contributed by atoms with E-state index >= 15 is 0 Å². The molecule has 4 atom stereocenters. The molecule has 152 valence electrons. The van der Waals surface area contributed by atoms with E-state index in [1.54, 1.807) is 12.1 Å². The minimum Gasteiger partial charge on any atom is -0.456 e. The third kappa shape index (κ3) is 3.93. The molecule has 1 aliphatic heterocycles. The number of carbonyl (C=O) groups excluding carboxylic acids is 1. The number of fused-ring (bicyclic) bond motifs is 1. The number of hydrogen-bond acceptors (Lipinski definition) is 4. The van der Waals surface area contributed by atoms with E-state index in [0.717, 1.165) is 28.4 Å². The predicted octanol–water partition coefficient (Wildman–Crippen LogP) is 5.92. The van der Waals surface area contributed by atoms with Gasteiger partial charge in [0.1, 0.15) is 12.2 Å². The molecule has 1 aliphatic carbocycles. The summed E-state index contributed by atoms with van der Waals surface area (Å²) in [6.07, 6.45) is 0.562. The summed E-state index contributed by atoms with van der Waals surface area (Å²) >= 11 is 3.38. The molecule has 0 amide bonds. The molecule has 4 nitrogen and oxygen atoms in total. The fourth-order valence-electron chi connectivity index (χ4n) is 4.09. The van der Waals surface area contributed by atoms with Gasteiger partial charge in [0.05, 0.1) is 11.7 Å². The van der Waals surface area contributed by atoms with Crippen molar-refractivity contribution in [2.45, 2.75) is 37.4 Å². The van der Waals surface area contributed by atoms with Crippen LogP contribution in [0.2, 0.25) is 0 Å². The summed E-state index contributed by atoms with van der Waals surface area (Å²) in [4.78, 5) is 12.5. The molecule has 0 aromatic heterocycles. The first-order chi connectivity index (χ1) is 14.7. The fourth-order valence-corrected chi connectivity index (χ4v) is 4.35. The predicted molar refractivity (Wildman–Crippen MR) is 117 cm³/mol. The quantitative estimate of drug-likeness (QED) is 0.449. The first-order valence-electron chi connectivity index (χ1n) is 10.1.